The van der Waals surface area contributed by atoms with E-state index in [2.05, 4.69) is 22.1 Å². The second kappa shape index (κ2) is 18.3. The number of H-pyrrole nitrogens is 1. The molecule has 2 fully saturated rings. The van der Waals surface area contributed by atoms with E-state index in [9.17, 15) is 24.9 Å². The molecule has 5 rings (SSSR count). The molecule has 3 aromatic rings. The van der Waals surface area contributed by atoms with Crippen LogP contribution in [0.5, 0.6) is 5.75 Å². The highest BCUT2D eigenvalue weighted by Crippen LogP contribution is 2.41. The molecule has 1 aromatic heterocycles. The van der Waals surface area contributed by atoms with Gasteiger partial charge in [-0.05, 0) is 88.0 Å². The maximum absolute atomic E-state index is 13.5. The second-order valence-electron chi connectivity index (χ2n) is 15.2. The maximum atomic E-state index is 13.5. The number of esters is 1. The molecule has 0 spiro atoms. The van der Waals surface area contributed by atoms with E-state index in [4.69, 9.17) is 4.74 Å². The molecule has 0 bridgehead atoms. The molecule has 1 saturated heterocycles. The van der Waals surface area contributed by atoms with E-state index in [1.165, 1.54) is 44.2 Å². The summed E-state index contributed by atoms with van der Waals surface area (Å²) in [7, 11) is 0. The van der Waals surface area contributed by atoms with E-state index in [1.54, 1.807) is 12.1 Å². The van der Waals surface area contributed by atoms with Crippen molar-refractivity contribution in [1.82, 2.24) is 15.2 Å². The van der Waals surface area contributed by atoms with Gasteiger partial charge in [-0.1, -0.05) is 94.7 Å². The number of rotatable bonds is 18. The number of ether oxygens (including phenoxy) is 1. The van der Waals surface area contributed by atoms with Crippen molar-refractivity contribution in [3.8, 4) is 5.75 Å². The third kappa shape index (κ3) is 9.96. The van der Waals surface area contributed by atoms with Crippen molar-refractivity contribution in [3.05, 3.63) is 76.1 Å². The number of aromatic hydroxyl groups is 1. The summed E-state index contributed by atoms with van der Waals surface area (Å²) in [4.78, 5) is 30.4. The Bertz CT molecular complexity index is 1550. The van der Waals surface area contributed by atoms with Gasteiger partial charge in [-0.3, -0.25) is 4.79 Å². The third-order valence-electron chi connectivity index (χ3n) is 11.3. The summed E-state index contributed by atoms with van der Waals surface area (Å²) in [5.41, 5.74) is -0.232. The van der Waals surface area contributed by atoms with E-state index in [1.807, 2.05) is 30.3 Å². The van der Waals surface area contributed by atoms with Crippen LogP contribution in [-0.4, -0.2) is 70.5 Å². The van der Waals surface area contributed by atoms with Gasteiger partial charge in [-0.25, -0.2) is 4.79 Å². The number of likely N-dealkylation sites (tertiary alicyclic amines) is 1. The van der Waals surface area contributed by atoms with E-state index in [-0.39, 0.29) is 22.6 Å². The normalized spacial score (nSPS) is 18.9. The quantitative estimate of drug-likeness (QED) is 0.0736. The molecule has 5 N–H and O–H groups in total. The molecule has 2 aromatic carbocycles. The molecule has 50 heavy (non-hydrogen) atoms. The van der Waals surface area contributed by atoms with E-state index in [0.717, 1.165) is 84.0 Å². The molecular weight excluding hydrogens is 630 g/mol. The number of carbonyl (C=O) groups excluding carboxylic acids is 1. The Morgan fingerprint density at radius 1 is 0.960 bits per heavy atom. The summed E-state index contributed by atoms with van der Waals surface area (Å²) >= 11 is 0. The van der Waals surface area contributed by atoms with Gasteiger partial charge in [0, 0.05) is 29.3 Å². The SMILES string of the molecule is CC1(COC(=O)C(O)(c2ccccc2)C2CCCCC2)CCN(CCCCCCCCCNC[C@H](O)c2ccc(O)c3[nH]c(=O)ccc23)CC1. The lowest BCUT2D eigenvalue weighted by Crippen LogP contribution is -2.47. The van der Waals surface area contributed by atoms with Gasteiger partial charge >= 0.3 is 5.97 Å². The first-order valence-corrected chi connectivity index (χ1v) is 19.1. The highest BCUT2D eigenvalue weighted by atomic mass is 16.6. The lowest BCUT2D eigenvalue weighted by Gasteiger charge is -2.41. The molecular formula is C41H59N3O6. The van der Waals surface area contributed by atoms with Gasteiger partial charge in [0.1, 0.15) is 5.75 Å². The number of aliphatic hydroxyl groups is 2. The highest BCUT2D eigenvalue weighted by molar-refractivity contribution is 5.87. The average Bonchev–Trinajstić information content (AvgIpc) is 3.14. The number of pyridine rings is 1. The number of hydrogen-bond acceptors (Lipinski definition) is 8. The summed E-state index contributed by atoms with van der Waals surface area (Å²) in [6.07, 6.45) is 14.6. The lowest BCUT2D eigenvalue weighted by atomic mass is 9.73. The first kappa shape index (κ1) is 38.0. The number of aromatic amines is 1. The number of phenols is 1. The number of carbonyl (C=O) groups is 1. The predicted molar refractivity (Wildman–Crippen MR) is 198 cm³/mol. The number of piperidine rings is 1. The maximum Gasteiger partial charge on any atom is 0.343 e. The Morgan fingerprint density at radius 2 is 1.64 bits per heavy atom. The highest BCUT2D eigenvalue weighted by Gasteiger charge is 2.47. The number of fused-ring (bicyclic) bond motifs is 1. The Labute approximate surface area is 297 Å². The topological polar surface area (TPSA) is 135 Å². The van der Waals surface area contributed by atoms with Crippen LogP contribution in [0, 0.1) is 11.3 Å². The van der Waals surface area contributed by atoms with Gasteiger partial charge in [0.2, 0.25) is 5.56 Å². The number of phenolic OH excluding ortho intramolecular Hbond substituents is 1. The summed E-state index contributed by atoms with van der Waals surface area (Å²) in [5, 5.41) is 36.6. The first-order chi connectivity index (χ1) is 24.2. The lowest BCUT2D eigenvalue weighted by molar-refractivity contribution is -0.179. The van der Waals surface area contributed by atoms with Crippen molar-refractivity contribution in [3.63, 3.8) is 0 Å². The predicted octanol–water partition coefficient (Wildman–Crippen LogP) is 6.70. The van der Waals surface area contributed by atoms with Crippen molar-refractivity contribution < 1.29 is 24.9 Å². The number of benzene rings is 2. The zero-order valence-corrected chi connectivity index (χ0v) is 30.0. The van der Waals surface area contributed by atoms with Gasteiger partial charge in [0.05, 0.1) is 18.2 Å². The Kier molecular flexibility index (Phi) is 13.9. The summed E-state index contributed by atoms with van der Waals surface area (Å²) < 4.78 is 5.97. The van der Waals surface area contributed by atoms with Crippen molar-refractivity contribution in [2.24, 2.45) is 11.3 Å². The van der Waals surface area contributed by atoms with Crippen LogP contribution < -0.4 is 10.9 Å². The van der Waals surface area contributed by atoms with Gasteiger partial charge in [-0.15, -0.1) is 0 Å². The molecule has 1 unspecified atom stereocenters. The minimum atomic E-state index is -1.57. The third-order valence-corrected chi connectivity index (χ3v) is 11.3. The minimum absolute atomic E-state index is 0.00288. The number of aromatic nitrogens is 1. The number of nitrogens with zero attached hydrogens (tertiary/aromatic N) is 1. The van der Waals surface area contributed by atoms with Crippen LogP contribution in [0.1, 0.15) is 114 Å². The molecule has 1 saturated carbocycles. The van der Waals surface area contributed by atoms with Crippen LogP contribution in [0.15, 0.2) is 59.4 Å². The first-order valence-electron chi connectivity index (χ1n) is 19.1. The van der Waals surface area contributed by atoms with Gasteiger partial charge in [-0.2, -0.15) is 0 Å². The molecule has 0 amide bonds. The van der Waals surface area contributed by atoms with Crippen LogP contribution >= 0.6 is 0 Å². The number of unbranched alkanes of at least 4 members (excludes halogenated alkanes) is 6. The average molecular weight is 690 g/mol. The fourth-order valence-corrected chi connectivity index (χ4v) is 7.91. The molecule has 1 aliphatic carbocycles. The molecule has 2 aliphatic rings. The van der Waals surface area contributed by atoms with Crippen LogP contribution in [-0.2, 0) is 15.1 Å². The molecule has 274 valence electrons. The van der Waals surface area contributed by atoms with E-state index in [0.29, 0.717) is 35.2 Å². The van der Waals surface area contributed by atoms with Crippen LogP contribution in [0.4, 0.5) is 0 Å². The molecule has 2 atom stereocenters. The van der Waals surface area contributed by atoms with Crippen LogP contribution in [0.2, 0.25) is 0 Å². The Hall–Kier alpha value is -3.24. The standard InChI is InChI=1S/C41H59N3O6/c1-40(30-50-39(48)41(49,31-15-9-7-10-16-31)32-17-11-8-12-18-32)23-27-44(28-24-40)26-14-6-4-2-3-5-13-25-42-29-36(46)33-19-21-35(45)38-34(33)20-22-37(47)43-38/h7,9-10,15-16,19-22,32,36,42,45-46,49H,2-6,8,11-14,17-18,23-30H2,1H3,(H,43,47)/t36-,41?/m0/s1. The van der Waals surface area contributed by atoms with Crippen molar-refractivity contribution >= 4 is 16.9 Å². The summed E-state index contributed by atoms with van der Waals surface area (Å²) in [6.45, 7) is 6.98. The van der Waals surface area contributed by atoms with Crippen molar-refractivity contribution in [1.29, 1.82) is 0 Å². The molecule has 2 heterocycles. The van der Waals surface area contributed by atoms with Gasteiger partial charge in [0.25, 0.3) is 0 Å². The van der Waals surface area contributed by atoms with Crippen LogP contribution in [0.25, 0.3) is 10.9 Å². The van der Waals surface area contributed by atoms with Crippen molar-refractivity contribution in [2.45, 2.75) is 109 Å². The number of aliphatic hydroxyl groups excluding tert-OH is 1. The second-order valence-corrected chi connectivity index (χ2v) is 15.2. The largest absolute Gasteiger partial charge is 0.506 e. The smallest absolute Gasteiger partial charge is 0.343 e. The Morgan fingerprint density at radius 3 is 2.36 bits per heavy atom. The number of hydrogen-bond donors (Lipinski definition) is 5. The molecule has 9 nitrogen and oxygen atoms in total. The fraction of sp³-hybridized carbons (Fsp3) is 0.610. The zero-order valence-electron chi connectivity index (χ0n) is 30.0. The minimum Gasteiger partial charge on any atom is -0.506 e. The molecule has 9 heteroatoms. The van der Waals surface area contributed by atoms with Gasteiger partial charge in [0.15, 0.2) is 5.60 Å². The zero-order chi connectivity index (χ0) is 35.4. The van der Waals surface area contributed by atoms with Crippen molar-refractivity contribution in [2.75, 3.05) is 39.3 Å². The van der Waals surface area contributed by atoms with Crippen LogP contribution in [0.3, 0.4) is 0 Å². The number of nitrogens with one attached hydrogen (secondary N) is 2. The molecule has 1 aliphatic heterocycles. The summed E-state index contributed by atoms with van der Waals surface area (Å²) in [6, 6.07) is 15.7. The Balaban J connectivity index is 0.909. The summed E-state index contributed by atoms with van der Waals surface area (Å²) in [5.74, 6) is -0.579. The molecule has 0 radical (unpaired) electrons. The monoisotopic (exact) mass is 689 g/mol. The fourth-order valence-electron chi connectivity index (χ4n) is 7.91. The van der Waals surface area contributed by atoms with E-state index >= 15 is 0 Å². The van der Waals surface area contributed by atoms with Gasteiger partial charge < -0.3 is 35.3 Å². The van der Waals surface area contributed by atoms with E-state index < -0.39 is 17.7 Å².